The van der Waals surface area contributed by atoms with E-state index < -0.39 is 0 Å². The third kappa shape index (κ3) is 4.19. The highest BCUT2D eigenvalue weighted by molar-refractivity contribution is 5.94. The average molecular weight is 337 g/mol. The van der Waals surface area contributed by atoms with Crippen LogP contribution in [0.4, 0.5) is 5.82 Å². The summed E-state index contributed by atoms with van der Waals surface area (Å²) in [7, 11) is 0. The Balaban J connectivity index is 1.88. The molecule has 0 bridgehead atoms. The summed E-state index contributed by atoms with van der Waals surface area (Å²) in [5, 5.41) is 3.46. The van der Waals surface area contributed by atoms with Gasteiger partial charge in [-0.05, 0) is 43.4 Å². The third-order valence-electron chi connectivity index (χ3n) is 4.66. The van der Waals surface area contributed by atoms with Gasteiger partial charge in [0.25, 0.3) is 5.91 Å². The van der Waals surface area contributed by atoms with Gasteiger partial charge in [-0.2, -0.15) is 0 Å². The molecular weight excluding hydrogens is 310 g/mol. The van der Waals surface area contributed by atoms with Crippen molar-refractivity contribution in [3.8, 4) is 0 Å². The van der Waals surface area contributed by atoms with Gasteiger partial charge in [-0.3, -0.25) is 4.79 Å². The molecule has 1 amide bonds. The zero-order valence-corrected chi connectivity index (χ0v) is 15.1. The van der Waals surface area contributed by atoms with Gasteiger partial charge < -0.3 is 10.2 Å². The molecule has 1 fully saturated rings. The normalized spacial score (nSPS) is 17.6. The van der Waals surface area contributed by atoms with E-state index in [0.29, 0.717) is 5.92 Å². The van der Waals surface area contributed by atoms with Crippen molar-refractivity contribution in [1.29, 1.82) is 0 Å². The van der Waals surface area contributed by atoms with E-state index in [-0.39, 0.29) is 11.9 Å². The van der Waals surface area contributed by atoms with E-state index in [2.05, 4.69) is 30.2 Å². The zero-order valence-electron chi connectivity index (χ0n) is 15.1. The minimum atomic E-state index is 0.0878. The zero-order chi connectivity index (χ0) is 17.6. The minimum Gasteiger partial charge on any atom is -0.370 e. The predicted molar refractivity (Wildman–Crippen MR) is 102 cm³/mol. The van der Waals surface area contributed by atoms with E-state index >= 15 is 0 Å². The molecule has 25 heavy (non-hydrogen) atoms. The van der Waals surface area contributed by atoms with Gasteiger partial charge in [0.2, 0.25) is 0 Å². The van der Waals surface area contributed by atoms with Gasteiger partial charge in [-0.15, -0.1) is 0 Å². The van der Waals surface area contributed by atoms with Gasteiger partial charge >= 0.3 is 0 Å². The summed E-state index contributed by atoms with van der Waals surface area (Å²) in [6.07, 6.45) is 5.00. The van der Waals surface area contributed by atoms with Crippen molar-refractivity contribution in [3.05, 3.63) is 59.8 Å². The Morgan fingerprint density at radius 1 is 1.20 bits per heavy atom. The van der Waals surface area contributed by atoms with Gasteiger partial charge in [0.05, 0.1) is 6.04 Å². The van der Waals surface area contributed by atoms with Crippen LogP contribution in [0.1, 0.15) is 55.1 Å². The summed E-state index contributed by atoms with van der Waals surface area (Å²) in [6.45, 7) is 6.04. The van der Waals surface area contributed by atoms with Crippen LogP contribution in [0.2, 0.25) is 0 Å². The van der Waals surface area contributed by atoms with Gasteiger partial charge in [0.15, 0.2) is 0 Å². The monoisotopic (exact) mass is 337 g/mol. The van der Waals surface area contributed by atoms with E-state index in [0.717, 1.165) is 49.3 Å². The molecule has 3 rings (SSSR count). The van der Waals surface area contributed by atoms with Crippen LogP contribution in [0.3, 0.4) is 0 Å². The topological polar surface area (TPSA) is 45.2 Å². The molecule has 2 aromatic rings. The number of nitrogens with one attached hydrogen (secondary N) is 1. The predicted octanol–water partition coefficient (Wildman–Crippen LogP) is 4.52. The van der Waals surface area contributed by atoms with Crippen molar-refractivity contribution in [1.82, 2.24) is 9.88 Å². The van der Waals surface area contributed by atoms with Crippen molar-refractivity contribution < 1.29 is 4.79 Å². The molecule has 0 saturated carbocycles. The summed E-state index contributed by atoms with van der Waals surface area (Å²) in [6, 6.07) is 13.7. The molecule has 0 unspecified atom stereocenters. The lowest BCUT2D eigenvalue weighted by Crippen LogP contribution is -2.39. The molecule has 1 aliphatic rings. The highest BCUT2D eigenvalue weighted by Crippen LogP contribution is 2.35. The summed E-state index contributed by atoms with van der Waals surface area (Å²) in [5.74, 6) is 1.57. The maximum atomic E-state index is 13.0. The number of nitrogens with zero attached hydrogens (tertiary/aromatic N) is 2. The van der Waals surface area contributed by atoms with Gasteiger partial charge in [0, 0.05) is 30.4 Å². The van der Waals surface area contributed by atoms with Crippen LogP contribution in [0, 0.1) is 5.92 Å². The van der Waals surface area contributed by atoms with Crippen LogP contribution in [0.5, 0.6) is 0 Å². The van der Waals surface area contributed by atoms with Crippen molar-refractivity contribution in [2.45, 2.75) is 39.2 Å². The highest BCUT2D eigenvalue weighted by atomic mass is 16.2. The Labute approximate surface area is 150 Å². The van der Waals surface area contributed by atoms with E-state index in [1.807, 2.05) is 47.5 Å². The Hall–Kier alpha value is -2.36. The minimum absolute atomic E-state index is 0.0878. The number of carbonyl (C=O) groups is 1. The van der Waals surface area contributed by atoms with Gasteiger partial charge in [-0.25, -0.2) is 4.98 Å². The molecule has 0 aliphatic carbocycles. The van der Waals surface area contributed by atoms with Crippen LogP contribution >= 0.6 is 0 Å². The highest BCUT2D eigenvalue weighted by Gasteiger charge is 2.30. The standard InChI is InChI=1S/C21H27N3O/c1-16(2)15-23-20-18(11-8-13-22-20)19-12-6-7-14-24(19)21(25)17-9-4-3-5-10-17/h3-5,8-11,13,16,19H,6-7,12,14-15H2,1-2H3,(H,22,23)/t19-/m1/s1. The average Bonchev–Trinajstić information content (AvgIpc) is 2.67. The molecule has 1 aromatic carbocycles. The molecule has 0 spiro atoms. The van der Waals surface area contributed by atoms with Gasteiger partial charge in [-0.1, -0.05) is 38.1 Å². The first-order valence-electron chi connectivity index (χ1n) is 9.21. The fourth-order valence-electron chi connectivity index (χ4n) is 3.38. The van der Waals surface area contributed by atoms with E-state index in [1.165, 1.54) is 0 Å². The first-order chi connectivity index (χ1) is 12.2. The molecule has 2 heterocycles. The maximum Gasteiger partial charge on any atom is 0.254 e. The number of hydrogen-bond acceptors (Lipinski definition) is 3. The van der Waals surface area contributed by atoms with Crippen LogP contribution in [-0.4, -0.2) is 28.9 Å². The molecule has 1 saturated heterocycles. The second-order valence-corrected chi connectivity index (χ2v) is 7.09. The number of rotatable bonds is 5. The number of carbonyl (C=O) groups excluding carboxylic acids is 1. The fraction of sp³-hybridized carbons (Fsp3) is 0.429. The van der Waals surface area contributed by atoms with Crippen LogP contribution in [-0.2, 0) is 0 Å². The molecule has 1 atom stereocenters. The number of anilines is 1. The number of benzene rings is 1. The van der Waals surface area contributed by atoms with E-state index in [9.17, 15) is 4.79 Å². The molecule has 4 heteroatoms. The number of amides is 1. The molecule has 4 nitrogen and oxygen atoms in total. The van der Waals surface area contributed by atoms with Gasteiger partial charge in [0.1, 0.15) is 5.82 Å². The number of pyridine rings is 1. The van der Waals surface area contributed by atoms with Crippen molar-refractivity contribution in [2.75, 3.05) is 18.4 Å². The fourth-order valence-corrected chi connectivity index (χ4v) is 3.38. The second-order valence-electron chi connectivity index (χ2n) is 7.09. The molecule has 1 aromatic heterocycles. The SMILES string of the molecule is CC(C)CNc1ncccc1[C@H]1CCCCN1C(=O)c1ccccc1. The third-order valence-corrected chi connectivity index (χ3v) is 4.66. The first-order valence-corrected chi connectivity index (χ1v) is 9.21. The smallest absolute Gasteiger partial charge is 0.254 e. The van der Waals surface area contributed by atoms with Crippen LogP contribution < -0.4 is 5.32 Å². The lowest BCUT2D eigenvalue weighted by Gasteiger charge is -2.37. The molecule has 132 valence electrons. The van der Waals surface area contributed by atoms with Crippen LogP contribution in [0.25, 0.3) is 0 Å². The lowest BCUT2D eigenvalue weighted by atomic mass is 9.94. The largest absolute Gasteiger partial charge is 0.370 e. The quantitative estimate of drug-likeness (QED) is 0.872. The number of piperidine rings is 1. The van der Waals surface area contributed by atoms with Crippen molar-refractivity contribution >= 4 is 11.7 Å². The second kappa shape index (κ2) is 8.15. The molecular formula is C21H27N3O. The summed E-state index contributed by atoms with van der Waals surface area (Å²) >= 11 is 0. The summed E-state index contributed by atoms with van der Waals surface area (Å²) < 4.78 is 0. The summed E-state index contributed by atoms with van der Waals surface area (Å²) in [4.78, 5) is 19.6. The number of aromatic nitrogens is 1. The lowest BCUT2D eigenvalue weighted by molar-refractivity contribution is 0.0612. The van der Waals surface area contributed by atoms with Crippen molar-refractivity contribution in [2.24, 2.45) is 5.92 Å². The number of likely N-dealkylation sites (tertiary alicyclic amines) is 1. The molecule has 0 radical (unpaired) electrons. The number of hydrogen-bond donors (Lipinski definition) is 1. The maximum absolute atomic E-state index is 13.0. The van der Waals surface area contributed by atoms with Crippen molar-refractivity contribution in [3.63, 3.8) is 0 Å². The summed E-state index contributed by atoms with van der Waals surface area (Å²) in [5.41, 5.74) is 1.89. The van der Waals surface area contributed by atoms with E-state index in [4.69, 9.17) is 0 Å². The van der Waals surface area contributed by atoms with Crippen LogP contribution in [0.15, 0.2) is 48.7 Å². The Kier molecular flexibility index (Phi) is 5.69. The Morgan fingerprint density at radius 2 is 2.00 bits per heavy atom. The molecule has 1 N–H and O–H groups in total. The first kappa shape index (κ1) is 17.5. The Morgan fingerprint density at radius 3 is 2.76 bits per heavy atom. The Bertz CT molecular complexity index is 699. The van der Waals surface area contributed by atoms with E-state index in [1.54, 1.807) is 0 Å². The molecule has 1 aliphatic heterocycles.